The number of unbranched alkanes of at least 4 members (excludes halogenated alkanes) is 24. The number of aliphatic hydroxyl groups excluding tert-OH is 1. The molecule has 0 aliphatic heterocycles. The molecule has 0 bridgehead atoms. The molecule has 0 radical (unpaired) electrons. The van der Waals surface area contributed by atoms with E-state index in [0.29, 0.717) is 50.2 Å². The van der Waals surface area contributed by atoms with Crippen molar-refractivity contribution in [3.63, 3.8) is 0 Å². The largest absolute Gasteiger partial charge is 1.00 e. The number of carbonyl (C=O) groups excluding carboxylic acids is 2. The van der Waals surface area contributed by atoms with Crippen LogP contribution in [0.15, 0.2) is 0 Å². The van der Waals surface area contributed by atoms with E-state index in [1.807, 2.05) is 7.05 Å². The summed E-state index contributed by atoms with van der Waals surface area (Å²) in [5.74, 6) is -0.254. The number of rotatable bonds is 36. The molecule has 0 aromatic rings. The van der Waals surface area contributed by atoms with Gasteiger partial charge in [-0.25, -0.2) is 0 Å². The number of hydrogen-bond acceptors (Lipinski definition) is 5. The molecule has 0 saturated heterocycles. The first-order valence-corrected chi connectivity index (χ1v) is 19.7. The monoisotopic (exact) mass is 676 g/mol. The van der Waals surface area contributed by atoms with Gasteiger partial charge in [0.25, 0.3) is 0 Å². The summed E-state index contributed by atoms with van der Waals surface area (Å²) < 4.78 is 11.5. The van der Waals surface area contributed by atoms with Gasteiger partial charge < -0.3 is 31.5 Å². The molecule has 6 nitrogen and oxygen atoms in total. The van der Waals surface area contributed by atoms with Crippen molar-refractivity contribution in [2.45, 2.75) is 194 Å². The molecule has 0 atom stereocenters. The Morgan fingerprint density at radius 3 is 0.978 bits per heavy atom. The highest BCUT2D eigenvalue weighted by atomic mass is 35.5. The maximum absolute atomic E-state index is 12.2. The number of quaternary nitrogens is 1. The summed E-state index contributed by atoms with van der Waals surface area (Å²) in [4.78, 5) is 24.4. The second kappa shape index (κ2) is 37.0. The van der Waals surface area contributed by atoms with Gasteiger partial charge in [-0.1, -0.05) is 168 Å². The molecule has 0 rings (SSSR count). The first-order chi connectivity index (χ1) is 22.0. The topological polar surface area (TPSA) is 72.8 Å². The second-order valence-corrected chi connectivity index (χ2v) is 13.9. The summed E-state index contributed by atoms with van der Waals surface area (Å²) in [5, 5.41) is 9.56. The van der Waals surface area contributed by atoms with E-state index in [-0.39, 0.29) is 31.0 Å². The van der Waals surface area contributed by atoms with Gasteiger partial charge >= 0.3 is 11.9 Å². The zero-order valence-corrected chi connectivity index (χ0v) is 31.7. The van der Waals surface area contributed by atoms with Gasteiger partial charge in [-0.3, -0.25) is 9.59 Å². The molecule has 0 aromatic heterocycles. The molecule has 0 fully saturated rings. The highest BCUT2D eigenvalue weighted by Gasteiger charge is 2.22. The summed E-state index contributed by atoms with van der Waals surface area (Å²) in [6.45, 7) is 7.03. The molecule has 46 heavy (non-hydrogen) atoms. The summed E-state index contributed by atoms with van der Waals surface area (Å²) in [5.41, 5.74) is 0. The predicted octanol–water partition coefficient (Wildman–Crippen LogP) is 7.48. The van der Waals surface area contributed by atoms with Gasteiger partial charge in [-0.05, 0) is 12.8 Å². The van der Waals surface area contributed by atoms with E-state index in [0.717, 1.165) is 25.7 Å². The van der Waals surface area contributed by atoms with Gasteiger partial charge in [-0.2, -0.15) is 0 Å². The maximum atomic E-state index is 12.2. The van der Waals surface area contributed by atoms with Gasteiger partial charge in [-0.15, -0.1) is 0 Å². The molecule has 0 heterocycles. The van der Waals surface area contributed by atoms with E-state index in [1.165, 1.54) is 141 Å². The molecular weight excluding hydrogens is 598 g/mol. The normalized spacial score (nSPS) is 11.4. The molecule has 7 heteroatoms. The van der Waals surface area contributed by atoms with Gasteiger partial charge in [0.15, 0.2) is 0 Å². The Hall–Kier alpha value is -0.850. The number of ether oxygens (including phenoxy) is 2. The molecule has 0 amide bonds. The number of aliphatic hydroxyl groups is 1. The fraction of sp³-hybridized carbons (Fsp3) is 0.949. The molecular formula is C39H78ClNO5. The first kappa shape index (κ1) is 47.3. The number of likely N-dealkylation sites (N-methyl/N-ethyl adjacent to an activating group) is 1. The van der Waals surface area contributed by atoms with Crippen LogP contribution in [0, 0.1) is 0 Å². The zero-order valence-electron chi connectivity index (χ0n) is 30.9. The standard InChI is InChI=1S/C39H78NO5.ClH/c1-4-6-8-10-12-14-16-18-20-22-24-26-28-30-38(42)44-36-33-40(3,32-35-41)34-37-45-39(43)31-29-27-25-23-21-19-17-15-13-11-9-7-5-2;/h41H,4-37H2,1-3H3;1H/q+1;/p-1. The van der Waals surface area contributed by atoms with Crippen LogP contribution >= 0.6 is 0 Å². The Morgan fingerprint density at radius 2 is 0.717 bits per heavy atom. The van der Waals surface area contributed by atoms with E-state index in [2.05, 4.69) is 13.8 Å². The van der Waals surface area contributed by atoms with Gasteiger partial charge in [0.2, 0.25) is 0 Å². The van der Waals surface area contributed by atoms with Gasteiger partial charge in [0.05, 0.1) is 13.7 Å². The Bertz CT molecular complexity index is 600. The van der Waals surface area contributed by atoms with Crippen LogP contribution in [-0.2, 0) is 19.1 Å². The lowest BCUT2D eigenvalue weighted by Crippen LogP contribution is -3.00. The molecule has 0 aromatic carbocycles. The van der Waals surface area contributed by atoms with Crippen LogP contribution in [0.3, 0.4) is 0 Å². The SMILES string of the molecule is CCCCCCCCCCCCCCCC(=O)OCC[N+](C)(CCO)CCOC(=O)CCCCCCCCCCCCCCC.[Cl-]. The summed E-state index contributed by atoms with van der Waals surface area (Å²) in [7, 11) is 2.02. The minimum absolute atomic E-state index is 0. The molecule has 0 saturated carbocycles. The lowest BCUT2D eigenvalue weighted by molar-refractivity contribution is -0.910. The third-order valence-corrected chi connectivity index (χ3v) is 9.40. The van der Waals surface area contributed by atoms with Crippen molar-refractivity contribution in [1.29, 1.82) is 0 Å². The van der Waals surface area contributed by atoms with E-state index in [9.17, 15) is 14.7 Å². The lowest BCUT2D eigenvalue weighted by Gasteiger charge is -2.33. The Labute approximate surface area is 292 Å². The van der Waals surface area contributed by atoms with Crippen molar-refractivity contribution in [3.8, 4) is 0 Å². The predicted molar refractivity (Wildman–Crippen MR) is 190 cm³/mol. The number of nitrogens with zero attached hydrogens (tertiary/aromatic N) is 1. The van der Waals surface area contributed by atoms with Crippen molar-refractivity contribution in [2.75, 3.05) is 46.5 Å². The fourth-order valence-electron chi connectivity index (χ4n) is 6.06. The molecule has 1 N–H and O–H groups in total. The minimum Gasteiger partial charge on any atom is -1.00 e. The fourth-order valence-corrected chi connectivity index (χ4v) is 6.06. The van der Waals surface area contributed by atoms with Crippen LogP contribution in [0.5, 0.6) is 0 Å². The molecule has 0 aliphatic carbocycles. The van der Waals surface area contributed by atoms with Crippen LogP contribution in [0.25, 0.3) is 0 Å². The van der Waals surface area contributed by atoms with Crippen molar-refractivity contribution < 1.29 is 41.1 Å². The van der Waals surface area contributed by atoms with Crippen molar-refractivity contribution in [3.05, 3.63) is 0 Å². The van der Waals surface area contributed by atoms with Crippen LogP contribution in [0.2, 0.25) is 0 Å². The number of halogens is 1. The quantitative estimate of drug-likeness (QED) is 0.0424. The summed E-state index contributed by atoms with van der Waals surface area (Å²) in [6.07, 6.45) is 34.5. The van der Waals surface area contributed by atoms with Gasteiger partial charge in [0.1, 0.15) is 32.8 Å². The molecule has 0 aliphatic rings. The number of esters is 2. The molecule has 0 spiro atoms. The van der Waals surface area contributed by atoms with Crippen LogP contribution in [-0.4, -0.2) is 68.0 Å². The van der Waals surface area contributed by atoms with E-state index < -0.39 is 0 Å². The average molecular weight is 677 g/mol. The third kappa shape index (κ3) is 34.5. The Morgan fingerprint density at radius 1 is 0.457 bits per heavy atom. The van der Waals surface area contributed by atoms with E-state index in [1.54, 1.807) is 0 Å². The van der Waals surface area contributed by atoms with Crippen molar-refractivity contribution in [2.24, 2.45) is 0 Å². The van der Waals surface area contributed by atoms with E-state index in [4.69, 9.17) is 9.47 Å². The van der Waals surface area contributed by atoms with Crippen LogP contribution in [0.4, 0.5) is 0 Å². The summed E-state index contributed by atoms with van der Waals surface area (Å²) >= 11 is 0. The van der Waals surface area contributed by atoms with Crippen molar-refractivity contribution >= 4 is 11.9 Å². The smallest absolute Gasteiger partial charge is 0.305 e. The van der Waals surface area contributed by atoms with Gasteiger partial charge in [0, 0.05) is 12.8 Å². The minimum atomic E-state index is -0.127. The van der Waals surface area contributed by atoms with Crippen LogP contribution < -0.4 is 12.4 Å². The molecule has 276 valence electrons. The zero-order chi connectivity index (χ0) is 33.1. The van der Waals surface area contributed by atoms with E-state index >= 15 is 0 Å². The highest BCUT2D eigenvalue weighted by molar-refractivity contribution is 5.69. The summed E-state index contributed by atoms with van der Waals surface area (Å²) in [6, 6.07) is 0. The first-order valence-electron chi connectivity index (χ1n) is 19.7. The third-order valence-electron chi connectivity index (χ3n) is 9.40. The number of hydrogen-bond donors (Lipinski definition) is 1. The highest BCUT2D eigenvalue weighted by Crippen LogP contribution is 2.15. The number of carbonyl (C=O) groups is 2. The Balaban J connectivity index is 0. The second-order valence-electron chi connectivity index (χ2n) is 13.9. The Kier molecular flexibility index (Phi) is 38.0. The lowest BCUT2D eigenvalue weighted by atomic mass is 10.0. The van der Waals surface area contributed by atoms with Crippen molar-refractivity contribution in [1.82, 2.24) is 0 Å². The average Bonchev–Trinajstić information content (AvgIpc) is 3.02. The maximum Gasteiger partial charge on any atom is 0.305 e. The molecule has 0 unspecified atom stereocenters. The van der Waals surface area contributed by atoms with Crippen LogP contribution in [0.1, 0.15) is 194 Å².